The van der Waals surface area contributed by atoms with Gasteiger partial charge in [0.15, 0.2) is 0 Å². The molecule has 0 bridgehead atoms. The summed E-state index contributed by atoms with van der Waals surface area (Å²) in [4.78, 5) is 45.6. The van der Waals surface area contributed by atoms with Gasteiger partial charge in [0.05, 0.1) is 0 Å². The van der Waals surface area contributed by atoms with Crippen LogP contribution in [0.4, 0.5) is 5.69 Å². The molecular formula is C22H29N5O3. The number of carbonyl (C=O) groups is 2. The molecule has 0 aliphatic carbocycles. The first-order valence-electron chi connectivity index (χ1n) is 10.6. The molecule has 1 fully saturated rings. The van der Waals surface area contributed by atoms with E-state index in [0.29, 0.717) is 35.7 Å². The van der Waals surface area contributed by atoms with Crippen molar-refractivity contribution in [2.45, 2.75) is 39.0 Å². The van der Waals surface area contributed by atoms with Crippen molar-refractivity contribution in [2.24, 2.45) is 0 Å². The number of hydrogen-bond acceptors (Lipinski definition) is 5. The third kappa shape index (κ3) is 6.25. The van der Waals surface area contributed by atoms with Crippen LogP contribution in [0.2, 0.25) is 0 Å². The number of H-pyrrole nitrogens is 1. The Morgan fingerprint density at radius 2 is 1.93 bits per heavy atom. The standard InChI is InChI=1S/C22H29N5O3/c1-2-17-15-19(28)26-20(24-17)16-8-7-9-18(14-16)25-22(30)21(29)23-10-3-4-11-27-12-5-6-13-27/h7-9,14-15H,2-6,10-13H2,1H3,(H,23,29)(H,25,30)(H,24,26,28). The van der Waals surface area contributed by atoms with Crippen LogP contribution in [-0.4, -0.2) is 52.9 Å². The summed E-state index contributed by atoms with van der Waals surface area (Å²) in [5, 5.41) is 5.27. The van der Waals surface area contributed by atoms with E-state index in [4.69, 9.17) is 0 Å². The molecule has 8 nitrogen and oxygen atoms in total. The van der Waals surface area contributed by atoms with Gasteiger partial charge in [-0.05, 0) is 63.9 Å². The maximum absolute atomic E-state index is 12.2. The van der Waals surface area contributed by atoms with E-state index in [1.807, 2.05) is 6.92 Å². The van der Waals surface area contributed by atoms with Crippen LogP contribution in [-0.2, 0) is 16.0 Å². The highest BCUT2D eigenvalue weighted by molar-refractivity contribution is 6.39. The summed E-state index contributed by atoms with van der Waals surface area (Å²) in [7, 11) is 0. The first-order valence-corrected chi connectivity index (χ1v) is 10.6. The van der Waals surface area contributed by atoms with Crippen LogP contribution in [0.15, 0.2) is 35.1 Å². The first kappa shape index (κ1) is 21.7. The SMILES string of the molecule is CCc1cc(=O)[nH]c(-c2cccc(NC(=O)C(=O)NCCCCN3CCCC3)c2)n1. The van der Waals surface area contributed by atoms with Crippen molar-refractivity contribution in [3.8, 4) is 11.4 Å². The molecule has 3 N–H and O–H groups in total. The van der Waals surface area contributed by atoms with Crippen molar-refractivity contribution in [2.75, 3.05) is 31.5 Å². The minimum atomic E-state index is -0.713. The van der Waals surface area contributed by atoms with Gasteiger partial charge in [-0.15, -0.1) is 0 Å². The van der Waals surface area contributed by atoms with E-state index >= 15 is 0 Å². The molecule has 30 heavy (non-hydrogen) atoms. The molecule has 0 atom stereocenters. The molecule has 2 heterocycles. The lowest BCUT2D eigenvalue weighted by molar-refractivity contribution is -0.136. The molecule has 1 aliphatic heterocycles. The van der Waals surface area contributed by atoms with Crippen LogP contribution >= 0.6 is 0 Å². The highest BCUT2D eigenvalue weighted by atomic mass is 16.2. The summed E-state index contributed by atoms with van der Waals surface area (Å²) >= 11 is 0. The highest BCUT2D eigenvalue weighted by Crippen LogP contribution is 2.19. The summed E-state index contributed by atoms with van der Waals surface area (Å²) in [5.41, 5.74) is 1.58. The van der Waals surface area contributed by atoms with Gasteiger partial charge in [0.2, 0.25) is 0 Å². The normalized spacial score (nSPS) is 13.9. The van der Waals surface area contributed by atoms with Crippen LogP contribution in [0.5, 0.6) is 0 Å². The zero-order valence-electron chi connectivity index (χ0n) is 17.4. The average Bonchev–Trinajstić information content (AvgIpc) is 3.26. The summed E-state index contributed by atoms with van der Waals surface area (Å²) in [5.74, 6) is -0.936. The largest absolute Gasteiger partial charge is 0.348 e. The van der Waals surface area contributed by atoms with Gasteiger partial charge in [0.1, 0.15) is 5.82 Å². The molecule has 1 saturated heterocycles. The number of aryl methyl sites for hydroxylation is 1. The molecular weight excluding hydrogens is 382 g/mol. The number of rotatable bonds is 8. The zero-order valence-corrected chi connectivity index (χ0v) is 17.4. The molecule has 0 unspecified atom stereocenters. The fraction of sp³-hybridized carbons (Fsp3) is 0.455. The van der Waals surface area contributed by atoms with E-state index in [9.17, 15) is 14.4 Å². The maximum atomic E-state index is 12.2. The Morgan fingerprint density at radius 3 is 2.70 bits per heavy atom. The summed E-state index contributed by atoms with van der Waals surface area (Å²) in [6.07, 6.45) is 5.04. The number of amides is 2. The number of benzene rings is 1. The number of carbonyl (C=O) groups excluding carboxylic acids is 2. The molecule has 0 radical (unpaired) electrons. The van der Waals surface area contributed by atoms with Gasteiger partial charge in [0, 0.05) is 29.6 Å². The van der Waals surface area contributed by atoms with Crippen molar-refractivity contribution in [1.29, 1.82) is 0 Å². The van der Waals surface area contributed by atoms with Gasteiger partial charge < -0.3 is 20.5 Å². The number of anilines is 1. The Labute approximate surface area is 176 Å². The molecule has 0 spiro atoms. The summed E-state index contributed by atoms with van der Waals surface area (Å²) in [6, 6.07) is 8.35. The number of aromatic amines is 1. The Bertz CT molecular complexity index is 934. The Morgan fingerprint density at radius 1 is 1.13 bits per heavy atom. The monoisotopic (exact) mass is 411 g/mol. The topological polar surface area (TPSA) is 107 Å². The van der Waals surface area contributed by atoms with E-state index in [2.05, 4.69) is 25.5 Å². The quantitative estimate of drug-likeness (QED) is 0.454. The second-order valence-electron chi connectivity index (χ2n) is 7.49. The van der Waals surface area contributed by atoms with Gasteiger partial charge in [-0.2, -0.15) is 0 Å². The van der Waals surface area contributed by atoms with Gasteiger partial charge >= 0.3 is 11.8 Å². The molecule has 1 aromatic heterocycles. The smallest absolute Gasteiger partial charge is 0.313 e. The van der Waals surface area contributed by atoms with Crippen molar-refractivity contribution in [1.82, 2.24) is 20.2 Å². The van der Waals surface area contributed by atoms with Crippen molar-refractivity contribution in [3.05, 3.63) is 46.4 Å². The third-order valence-corrected chi connectivity index (χ3v) is 5.14. The minimum absolute atomic E-state index is 0.226. The molecule has 2 aromatic rings. The highest BCUT2D eigenvalue weighted by Gasteiger charge is 2.14. The van der Waals surface area contributed by atoms with Gasteiger partial charge in [-0.3, -0.25) is 14.4 Å². The number of unbranched alkanes of at least 4 members (excludes halogenated alkanes) is 1. The van der Waals surface area contributed by atoms with Crippen LogP contribution in [0.1, 0.15) is 38.3 Å². The summed E-state index contributed by atoms with van der Waals surface area (Å²) < 4.78 is 0. The Hall–Kier alpha value is -3.00. The van der Waals surface area contributed by atoms with E-state index in [-0.39, 0.29) is 5.56 Å². The van der Waals surface area contributed by atoms with E-state index in [1.54, 1.807) is 24.3 Å². The van der Waals surface area contributed by atoms with Crippen molar-refractivity contribution in [3.63, 3.8) is 0 Å². The Balaban J connectivity index is 1.50. The fourth-order valence-electron chi connectivity index (χ4n) is 3.51. The molecule has 1 aromatic carbocycles. The Kier molecular flexibility index (Phi) is 7.73. The van der Waals surface area contributed by atoms with E-state index in [0.717, 1.165) is 19.4 Å². The van der Waals surface area contributed by atoms with Crippen LogP contribution in [0.25, 0.3) is 11.4 Å². The number of nitrogens with zero attached hydrogens (tertiary/aromatic N) is 2. The predicted molar refractivity (Wildman–Crippen MR) is 116 cm³/mol. The minimum Gasteiger partial charge on any atom is -0.348 e. The summed E-state index contributed by atoms with van der Waals surface area (Å²) in [6.45, 7) is 5.78. The van der Waals surface area contributed by atoms with Crippen LogP contribution in [0.3, 0.4) is 0 Å². The van der Waals surface area contributed by atoms with Crippen LogP contribution < -0.4 is 16.2 Å². The first-order chi connectivity index (χ1) is 14.5. The molecule has 3 rings (SSSR count). The van der Waals surface area contributed by atoms with Gasteiger partial charge in [-0.1, -0.05) is 19.1 Å². The van der Waals surface area contributed by atoms with Crippen molar-refractivity contribution < 1.29 is 9.59 Å². The molecule has 1 aliphatic rings. The van der Waals surface area contributed by atoms with E-state index in [1.165, 1.54) is 32.0 Å². The molecule has 2 amide bonds. The number of likely N-dealkylation sites (tertiary alicyclic amines) is 1. The maximum Gasteiger partial charge on any atom is 0.313 e. The molecule has 160 valence electrons. The molecule has 8 heteroatoms. The van der Waals surface area contributed by atoms with Gasteiger partial charge in [0.25, 0.3) is 5.56 Å². The molecule has 0 saturated carbocycles. The number of aromatic nitrogens is 2. The lowest BCUT2D eigenvalue weighted by Crippen LogP contribution is -2.36. The van der Waals surface area contributed by atoms with Crippen LogP contribution in [0, 0.1) is 0 Å². The van der Waals surface area contributed by atoms with E-state index < -0.39 is 11.8 Å². The second-order valence-corrected chi connectivity index (χ2v) is 7.49. The second kappa shape index (κ2) is 10.7. The third-order valence-electron chi connectivity index (χ3n) is 5.14. The fourth-order valence-corrected chi connectivity index (χ4v) is 3.51. The van der Waals surface area contributed by atoms with Crippen molar-refractivity contribution >= 4 is 17.5 Å². The lowest BCUT2D eigenvalue weighted by atomic mass is 10.1. The predicted octanol–water partition coefficient (Wildman–Crippen LogP) is 1.93. The average molecular weight is 412 g/mol. The zero-order chi connectivity index (χ0) is 21.3. The van der Waals surface area contributed by atoms with Gasteiger partial charge in [-0.25, -0.2) is 4.98 Å². The number of hydrogen-bond donors (Lipinski definition) is 3. The lowest BCUT2D eigenvalue weighted by Gasteiger charge is -2.14. The number of nitrogens with one attached hydrogen (secondary N) is 3.